The van der Waals surface area contributed by atoms with Crippen molar-refractivity contribution >= 4 is 17.9 Å². The largest absolute Gasteiger partial charge is 0.462 e. The van der Waals surface area contributed by atoms with Crippen molar-refractivity contribution in [3.05, 3.63) is 24.3 Å². The number of esters is 3. The molecule has 0 rings (SSSR count). The fourth-order valence-electron chi connectivity index (χ4n) is 10.0. The van der Waals surface area contributed by atoms with Crippen molar-refractivity contribution in [3.8, 4) is 0 Å². The molecular weight excluding hydrogens is 901 g/mol. The second-order valence-electron chi connectivity index (χ2n) is 22.4. The SMILES string of the molecule is CCCCC/C=C\C/C=C\CCCCCCCC(=O)OCC(COC(=O)CCCCCCCCCCCCCCCCCCCCCCCCC)OC(=O)CCCCCCCCCCCCCCCCCCC. The van der Waals surface area contributed by atoms with Gasteiger partial charge in [-0.2, -0.15) is 0 Å². The van der Waals surface area contributed by atoms with Gasteiger partial charge < -0.3 is 14.2 Å². The molecular formula is C67H126O6. The van der Waals surface area contributed by atoms with Crippen LogP contribution in [0.25, 0.3) is 0 Å². The van der Waals surface area contributed by atoms with Gasteiger partial charge in [-0.1, -0.05) is 321 Å². The number of hydrogen-bond acceptors (Lipinski definition) is 6. The van der Waals surface area contributed by atoms with Crippen molar-refractivity contribution in [1.29, 1.82) is 0 Å². The fraction of sp³-hybridized carbons (Fsp3) is 0.896. The van der Waals surface area contributed by atoms with Crippen molar-refractivity contribution < 1.29 is 28.6 Å². The Bertz CT molecular complexity index is 1180. The van der Waals surface area contributed by atoms with Crippen molar-refractivity contribution in [1.82, 2.24) is 0 Å². The Morgan fingerprint density at radius 1 is 0.274 bits per heavy atom. The minimum atomic E-state index is -0.773. The number of ether oxygens (including phenoxy) is 3. The highest BCUT2D eigenvalue weighted by atomic mass is 16.6. The Balaban J connectivity index is 4.27. The molecule has 0 N–H and O–H groups in total. The van der Waals surface area contributed by atoms with Gasteiger partial charge in [0, 0.05) is 19.3 Å². The van der Waals surface area contributed by atoms with Gasteiger partial charge in [0.05, 0.1) is 0 Å². The minimum absolute atomic E-state index is 0.0695. The van der Waals surface area contributed by atoms with Gasteiger partial charge in [-0.25, -0.2) is 0 Å². The summed E-state index contributed by atoms with van der Waals surface area (Å²) in [4.78, 5) is 38.3. The summed E-state index contributed by atoms with van der Waals surface area (Å²) in [6, 6.07) is 0. The van der Waals surface area contributed by atoms with Gasteiger partial charge in [-0.05, 0) is 51.4 Å². The normalized spacial score (nSPS) is 12.1. The van der Waals surface area contributed by atoms with E-state index in [1.54, 1.807) is 0 Å². The first kappa shape index (κ1) is 70.9. The van der Waals surface area contributed by atoms with Gasteiger partial charge in [-0.3, -0.25) is 14.4 Å². The topological polar surface area (TPSA) is 78.9 Å². The smallest absolute Gasteiger partial charge is 0.306 e. The lowest BCUT2D eigenvalue weighted by Gasteiger charge is -2.18. The quantitative estimate of drug-likeness (QED) is 0.0261. The van der Waals surface area contributed by atoms with Crippen LogP contribution in [0, 0.1) is 0 Å². The maximum atomic E-state index is 12.9. The van der Waals surface area contributed by atoms with E-state index in [4.69, 9.17) is 14.2 Å². The molecule has 0 amide bonds. The van der Waals surface area contributed by atoms with Crippen molar-refractivity contribution in [2.24, 2.45) is 0 Å². The van der Waals surface area contributed by atoms with E-state index in [0.717, 1.165) is 77.0 Å². The predicted octanol–water partition coefficient (Wildman–Crippen LogP) is 22.2. The molecule has 0 aliphatic rings. The zero-order valence-corrected chi connectivity index (χ0v) is 49.4. The van der Waals surface area contributed by atoms with Crippen molar-refractivity contribution in [2.75, 3.05) is 13.2 Å². The van der Waals surface area contributed by atoms with Crippen LogP contribution in [0.1, 0.15) is 367 Å². The monoisotopic (exact) mass is 1030 g/mol. The summed E-state index contributed by atoms with van der Waals surface area (Å²) in [6.07, 6.45) is 74.7. The molecule has 0 aromatic carbocycles. The number of rotatable bonds is 61. The molecule has 0 spiro atoms. The van der Waals surface area contributed by atoms with Gasteiger partial charge in [0.2, 0.25) is 0 Å². The molecule has 0 radical (unpaired) electrons. The third-order valence-corrected chi connectivity index (χ3v) is 15.0. The van der Waals surface area contributed by atoms with Crippen LogP contribution in [0.2, 0.25) is 0 Å². The summed E-state index contributed by atoms with van der Waals surface area (Å²) in [5.74, 6) is -0.855. The Hall–Kier alpha value is -2.11. The molecule has 0 saturated heterocycles. The van der Waals surface area contributed by atoms with Gasteiger partial charge in [0.25, 0.3) is 0 Å². The molecule has 430 valence electrons. The molecule has 6 nitrogen and oxygen atoms in total. The van der Waals surface area contributed by atoms with Crippen LogP contribution in [0.4, 0.5) is 0 Å². The van der Waals surface area contributed by atoms with Crippen LogP contribution in [0.3, 0.4) is 0 Å². The standard InChI is InChI=1S/C67H126O6/c1-4-7-10-13-16-19-22-25-28-30-31-32-33-34-35-37-39-42-45-48-51-54-57-60-66(69)72-63-64(62-71-65(68)59-56-53-50-47-44-41-38-27-24-21-18-15-12-9-6-3)73-67(70)61-58-55-52-49-46-43-40-36-29-26-23-20-17-14-11-8-5-2/h18,21,27,38,64H,4-17,19-20,22-26,28-37,39-63H2,1-3H3/b21-18-,38-27-. The fourth-order valence-corrected chi connectivity index (χ4v) is 10.0. The minimum Gasteiger partial charge on any atom is -0.462 e. The molecule has 1 atom stereocenters. The van der Waals surface area contributed by atoms with Crippen LogP contribution in [-0.4, -0.2) is 37.2 Å². The number of carbonyl (C=O) groups is 3. The van der Waals surface area contributed by atoms with Gasteiger partial charge in [0.15, 0.2) is 6.10 Å². The van der Waals surface area contributed by atoms with Crippen molar-refractivity contribution in [3.63, 3.8) is 0 Å². The Morgan fingerprint density at radius 3 is 0.781 bits per heavy atom. The third kappa shape index (κ3) is 60.6. The predicted molar refractivity (Wildman–Crippen MR) is 316 cm³/mol. The number of unbranched alkanes of at least 4 members (excludes halogenated alkanes) is 46. The number of carbonyl (C=O) groups excluding carboxylic acids is 3. The molecule has 0 aliphatic carbocycles. The highest BCUT2D eigenvalue weighted by Gasteiger charge is 2.19. The van der Waals surface area contributed by atoms with E-state index >= 15 is 0 Å². The second kappa shape index (κ2) is 62.4. The molecule has 0 saturated carbocycles. The van der Waals surface area contributed by atoms with E-state index in [2.05, 4.69) is 45.1 Å². The first-order valence-electron chi connectivity index (χ1n) is 32.8. The van der Waals surface area contributed by atoms with Gasteiger partial charge in [-0.15, -0.1) is 0 Å². The Kier molecular flexibility index (Phi) is 60.6. The van der Waals surface area contributed by atoms with Crippen LogP contribution in [-0.2, 0) is 28.6 Å². The van der Waals surface area contributed by atoms with E-state index in [0.29, 0.717) is 19.3 Å². The molecule has 73 heavy (non-hydrogen) atoms. The summed E-state index contributed by atoms with van der Waals surface area (Å²) >= 11 is 0. The number of hydrogen-bond donors (Lipinski definition) is 0. The highest BCUT2D eigenvalue weighted by molar-refractivity contribution is 5.71. The Labute approximate surface area is 455 Å². The average Bonchev–Trinajstić information content (AvgIpc) is 3.39. The maximum Gasteiger partial charge on any atom is 0.306 e. The third-order valence-electron chi connectivity index (χ3n) is 15.0. The summed E-state index contributed by atoms with van der Waals surface area (Å²) in [5.41, 5.74) is 0. The van der Waals surface area contributed by atoms with Crippen LogP contribution < -0.4 is 0 Å². The lowest BCUT2D eigenvalue weighted by molar-refractivity contribution is -0.167. The zero-order chi connectivity index (χ0) is 52.9. The van der Waals surface area contributed by atoms with Gasteiger partial charge in [0.1, 0.15) is 13.2 Å². The lowest BCUT2D eigenvalue weighted by atomic mass is 10.0. The maximum absolute atomic E-state index is 12.9. The lowest BCUT2D eigenvalue weighted by Crippen LogP contribution is -2.30. The molecule has 1 unspecified atom stereocenters. The summed E-state index contributed by atoms with van der Waals surface area (Å²) in [5, 5.41) is 0. The zero-order valence-electron chi connectivity index (χ0n) is 49.4. The molecule has 0 aliphatic heterocycles. The van der Waals surface area contributed by atoms with E-state index in [-0.39, 0.29) is 31.1 Å². The van der Waals surface area contributed by atoms with E-state index in [1.807, 2.05) is 0 Å². The van der Waals surface area contributed by atoms with Crippen molar-refractivity contribution in [2.45, 2.75) is 374 Å². The molecule has 0 heterocycles. The van der Waals surface area contributed by atoms with E-state index in [1.165, 1.54) is 250 Å². The molecule has 0 aromatic rings. The van der Waals surface area contributed by atoms with Crippen LogP contribution in [0.15, 0.2) is 24.3 Å². The first-order chi connectivity index (χ1) is 36.0. The van der Waals surface area contributed by atoms with E-state index < -0.39 is 6.10 Å². The number of allylic oxidation sites excluding steroid dienone is 4. The Morgan fingerprint density at radius 2 is 0.493 bits per heavy atom. The molecule has 0 aromatic heterocycles. The summed E-state index contributed by atoms with van der Waals surface area (Å²) < 4.78 is 16.9. The van der Waals surface area contributed by atoms with E-state index in [9.17, 15) is 14.4 Å². The molecule has 0 fully saturated rings. The molecule has 0 bridgehead atoms. The van der Waals surface area contributed by atoms with Crippen LogP contribution in [0.5, 0.6) is 0 Å². The van der Waals surface area contributed by atoms with Gasteiger partial charge >= 0.3 is 17.9 Å². The van der Waals surface area contributed by atoms with Crippen LogP contribution >= 0.6 is 0 Å². The molecule has 6 heteroatoms. The second-order valence-corrected chi connectivity index (χ2v) is 22.4. The summed E-state index contributed by atoms with van der Waals surface area (Å²) in [7, 11) is 0. The average molecular weight is 1030 g/mol. The first-order valence-corrected chi connectivity index (χ1v) is 32.8. The summed E-state index contributed by atoms with van der Waals surface area (Å²) in [6.45, 7) is 6.68. The highest BCUT2D eigenvalue weighted by Crippen LogP contribution is 2.18.